The maximum absolute atomic E-state index is 3.61. The maximum Gasteiger partial charge on any atom is 0.0330 e. The number of likely N-dealkylation sites (N-methyl/N-ethyl adjacent to an activating group) is 2. The van der Waals surface area contributed by atoms with Gasteiger partial charge in [-0.25, -0.2) is 0 Å². The number of halogens is 1. The van der Waals surface area contributed by atoms with Crippen molar-refractivity contribution in [2.75, 3.05) is 39.6 Å². The molecular weight excluding hydrogens is 264 g/mol. The summed E-state index contributed by atoms with van der Waals surface area (Å²) in [4.78, 5) is 4.96. The minimum absolute atomic E-state index is 0.472. The minimum atomic E-state index is 0.472. The summed E-state index contributed by atoms with van der Waals surface area (Å²) in [5.74, 6) is 0.796. The zero-order valence-corrected chi connectivity index (χ0v) is 12.9. The first-order chi connectivity index (χ1) is 7.54. The largest absolute Gasteiger partial charge is 0.304 e. The van der Waals surface area contributed by atoms with Gasteiger partial charge in [0.15, 0.2) is 0 Å². The molecule has 0 aliphatic heterocycles. The summed E-state index contributed by atoms with van der Waals surface area (Å²) in [6.45, 7) is 4.73. The molecule has 16 heavy (non-hydrogen) atoms. The van der Waals surface area contributed by atoms with E-state index < -0.39 is 0 Å². The van der Waals surface area contributed by atoms with Crippen LogP contribution in [-0.4, -0.2) is 54.9 Å². The van der Waals surface area contributed by atoms with Gasteiger partial charge in [-0.15, -0.1) is 0 Å². The smallest absolute Gasteiger partial charge is 0.0330 e. The van der Waals surface area contributed by atoms with Gasteiger partial charge in [-0.3, -0.25) is 0 Å². The second-order valence-electron chi connectivity index (χ2n) is 5.60. The standard InChI is InChI=1S/C13H27BrN2/c1-5-12(9-14)10-16(4)11-13(15(2)3)7-6-8-13/h12H,5-11H2,1-4H3. The van der Waals surface area contributed by atoms with E-state index in [-0.39, 0.29) is 0 Å². The predicted octanol–water partition coefficient (Wildman–Crippen LogP) is 2.82. The molecule has 96 valence electrons. The lowest BCUT2D eigenvalue weighted by atomic mass is 9.75. The highest BCUT2D eigenvalue weighted by molar-refractivity contribution is 9.09. The fourth-order valence-corrected chi connectivity index (χ4v) is 3.29. The Bertz CT molecular complexity index is 198. The van der Waals surface area contributed by atoms with E-state index in [2.05, 4.69) is 53.8 Å². The lowest BCUT2D eigenvalue weighted by Gasteiger charge is -2.49. The van der Waals surface area contributed by atoms with E-state index in [9.17, 15) is 0 Å². The number of alkyl halides is 1. The second kappa shape index (κ2) is 6.36. The lowest BCUT2D eigenvalue weighted by molar-refractivity contribution is 0.0247. The van der Waals surface area contributed by atoms with Crippen molar-refractivity contribution in [1.82, 2.24) is 9.80 Å². The van der Waals surface area contributed by atoms with Crippen molar-refractivity contribution in [3.05, 3.63) is 0 Å². The van der Waals surface area contributed by atoms with E-state index in [1.165, 1.54) is 38.8 Å². The third kappa shape index (κ3) is 3.44. The first-order valence-corrected chi connectivity index (χ1v) is 7.58. The highest BCUT2D eigenvalue weighted by Crippen LogP contribution is 2.36. The van der Waals surface area contributed by atoms with E-state index in [0.717, 1.165) is 11.2 Å². The van der Waals surface area contributed by atoms with Crippen molar-refractivity contribution < 1.29 is 0 Å². The Morgan fingerprint density at radius 3 is 2.19 bits per heavy atom. The summed E-state index contributed by atoms with van der Waals surface area (Å²) in [6, 6.07) is 0. The van der Waals surface area contributed by atoms with E-state index in [0.29, 0.717) is 5.54 Å². The molecular formula is C13H27BrN2. The Hall–Kier alpha value is 0.400. The quantitative estimate of drug-likeness (QED) is 0.666. The van der Waals surface area contributed by atoms with Gasteiger partial charge in [0.2, 0.25) is 0 Å². The van der Waals surface area contributed by atoms with E-state index in [1.54, 1.807) is 0 Å². The first kappa shape index (κ1) is 14.5. The van der Waals surface area contributed by atoms with E-state index in [4.69, 9.17) is 0 Å². The van der Waals surface area contributed by atoms with Crippen LogP contribution in [0.1, 0.15) is 32.6 Å². The molecule has 0 bridgehead atoms. The molecule has 0 aromatic carbocycles. The Kier molecular flexibility index (Phi) is 5.75. The molecule has 1 saturated carbocycles. The van der Waals surface area contributed by atoms with Crippen LogP contribution in [0.3, 0.4) is 0 Å². The highest BCUT2D eigenvalue weighted by atomic mass is 79.9. The molecule has 1 aliphatic carbocycles. The van der Waals surface area contributed by atoms with Gasteiger partial charge in [-0.1, -0.05) is 29.3 Å². The van der Waals surface area contributed by atoms with Gasteiger partial charge in [0.1, 0.15) is 0 Å². The number of hydrogen-bond acceptors (Lipinski definition) is 2. The van der Waals surface area contributed by atoms with Gasteiger partial charge >= 0.3 is 0 Å². The molecule has 0 spiro atoms. The molecule has 1 rings (SSSR count). The van der Waals surface area contributed by atoms with Crippen molar-refractivity contribution in [2.45, 2.75) is 38.1 Å². The van der Waals surface area contributed by atoms with Crippen molar-refractivity contribution in [3.63, 3.8) is 0 Å². The summed E-state index contributed by atoms with van der Waals surface area (Å²) >= 11 is 3.61. The lowest BCUT2D eigenvalue weighted by Crippen LogP contribution is -2.57. The van der Waals surface area contributed by atoms with E-state index in [1.807, 2.05) is 0 Å². The van der Waals surface area contributed by atoms with Crippen LogP contribution in [0.2, 0.25) is 0 Å². The molecule has 0 heterocycles. The molecule has 1 unspecified atom stereocenters. The van der Waals surface area contributed by atoms with Crippen LogP contribution in [0, 0.1) is 5.92 Å². The van der Waals surface area contributed by atoms with Crippen molar-refractivity contribution >= 4 is 15.9 Å². The average Bonchev–Trinajstić information content (AvgIpc) is 2.19. The number of nitrogens with zero attached hydrogens (tertiary/aromatic N) is 2. The molecule has 1 atom stereocenters. The minimum Gasteiger partial charge on any atom is -0.304 e. The van der Waals surface area contributed by atoms with Crippen LogP contribution >= 0.6 is 15.9 Å². The summed E-state index contributed by atoms with van der Waals surface area (Å²) < 4.78 is 0. The molecule has 0 aromatic heterocycles. The van der Waals surface area contributed by atoms with Gasteiger partial charge in [-0.2, -0.15) is 0 Å². The van der Waals surface area contributed by atoms with Gasteiger partial charge < -0.3 is 9.80 Å². The Balaban J connectivity index is 2.40. The fraction of sp³-hybridized carbons (Fsp3) is 1.00. The molecule has 0 aromatic rings. The molecule has 0 N–H and O–H groups in total. The normalized spacial score (nSPS) is 21.2. The maximum atomic E-state index is 3.61. The van der Waals surface area contributed by atoms with Gasteiger partial charge in [-0.05, 0) is 46.3 Å². The molecule has 0 amide bonds. The molecule has 1 fully saturated rings. The average molecular weight is 291 g/mol. The summed E-state index contributed by atoms with van der Waals surface area (Å²) in [7, 11) is 6.73. The third-order valence-corrected chi connectivity index (χ3v) is 5.08. The molecule has 3 heteroatoms. The van der Waals surface area contributed by atoms with Crippen molar-refractivity contribution in [2.24, 2.45) is 5.92 Å². The van der Waals surface area contributed by atoms with Crippen LogP contribution in [-0.2, 0) is 0 Å². The molecule has 1 aliphatic rings. The van der Waals surface area contributed by atoms with Crippen LogP contribution in [0.15, 0.2) is 0 Å². The van der Waals surface area contributed by atoms with Crippen LogP contribution in [0.5, 0.6) is 0 Å². The molecule has 2 nitrogen and oxygen atoms in total. The fourth-order valence-electron chi connectivity index (χ4n) is 2.63. The Morgan fingerprint density at radius 1 is 1.25 bits per heavy atom. The molecule has 0 saturated heterocycles. The second-order valence-corrected chi connectivity index (χ2v) is 6.25. The SMILES string of the molecule is CCC(CBr)CN(C)CC1(N(C)C)CCC1. The van der Waals surface area contributed by atoms with Crippen LogP contribution in [0.25, 0.3) is 0 Å². The predicted molar refractivity (Wildman–Crippen MR) is 75.3 cm³/mol. The van der Waals surface area contributed by atoms with Crippen molar-refractivity contribution in [3.8, 4) is 0 Å². The Labute approximate surface area is 109 Å². The van der Waals surface area contributed by atoms with Crippen LogP contribution < -0.4 is 0 Å². The van der Waals surface area contributed by atoms with Crippen molar-refractivity contribution in [1.29, 1.82) is 0 Å². The topological polar surface area (TPSA) is 6.48 Å². The number of rotatable bonds is 7. The third-order valence-electron chi connectivity index (χ3n) is 4.16. The monoisotopic (exact) mass is 290 g/mol. The zero-order valence-electron chi connectivity index (χ0n) is 11.3. The summed E-state index contributed by atoms with van der Waals surface area (Å²) in [5, 5.41) is 1.13. The number of hydrogen-bond donors (Lipinski definition) is 0. The summed E-state index contributed by atoms with van der Waals surface area (Å²) in [6.07, 6.45) is 5.41. The summed E-state index contributed by atoms with van der Waals surface area (Å²) in [5.41, 5.74) is 0.472. The molecule has 0 radical (unpaired) electrons. The Morgan fingerprint density at radius 2 is 1.88 bits per heavy atom. The van der Waals surface area contributed by atoms with Gasteiger partial charge in [0.25, 0.3) is 0 Å². The van der Waals surface area contributed by atoms with Crippen LogP contribution in [0.4, 0.5) is 0 Å². The van der Waals surface area contributed by atoms with Gasteiger partial charge in [0.05, 0.1) is 0 Å². The van der Waals surface area contributed by atoms with Gasteiger partial charge in [0, 0.05) is 24.0 Å². The first-order valence-electron chi connectivity index (χ1n) is 6.46. The highest BCUT2D eigenvalue weighted by Gasteiger charge is 2.39. The van der Waals surface area contributed by atoms with E-state index >= 15 is 0 Å². The zero-order chi connectivity index (χ0) is 12.2.